The largest absolute Gasteiger partial charge is 0.346 e. The third kappa shape index (κ3) is 3.44. The fourth-order valence-electron chi connectivity index (χ4n) is 2.04. The lowest BCUT2D eigenvalue weighted by Gasteiger charge is -2.15. The Morgan fingerprint density at radius 1 is 1.20 bits per heavy atom. The Labute approximate surface area is 118 Å². The van der Waals surface area contributed by atoms with Gasteiger partial charge in [0.25, 0.3) is 5.91 Å². The third-order valence-electron chi connectivity index (χ3n) is 3.32. The zero-order valence-corrected chi connectivity index (χ0v) is 11.7. The van der Waals surface area contributed by atoms with Crippen molar-refractivity contribution >= 4 is 5.91 Å². The molecule has 0 heterocycles. The predicted molar refractivity (Wildman–Crippen MR) is 78.1 cm³/mol. The number of amides is 1. The van der Waals surface area contributed by atoms with Crippen molar-refractivity contribution in [3.8, 4) is 0 Å². The van der Waals surface area contributed by atoms with Crippen molar-refractivity contribution in [2.75, 3.05) is 0 Å². The molecule has 0 aliphatic rings. The van der Waals surface area contributed by atoms with Crippen LogP contribution >= 0.6 is 0 Å². The van der Waals surface area contributed by atoms with Crippen LogP contribution in [0.15, 0.2) is 48.5 Å². The van der Waals surface area contributed by atoms with E-state index in [0.717, 1.165) is 12.0 Å². The number of nitrogens with one attached hydrogen (secondary N) is 1. The van der Waals surface area contributed by atoms with Gasteiger partial charge in [-0.05, 0) is 42.7 Å². The van der Waals surface area contributed by atoms with E-state index in [4.69, 9.17) is 0 Å². The highest BCUT2D eigenvalue weighted by Gasteiger charge is 2.11. The first-order valence-electron chi connectivity index (χ1n) is 6.75. The molecule has 0 radical (unpaired) electrons. The zero-order valence-electron chi connectivity index (χ0n) is 11.7. The Kier molecular flexibility index (Phi) is 4.51. The predicted octanol–water partition coefficient (Wildman–Crippen LogP) is 3.88. The van der Waals surface area contributed by atoms with Gasteiger partial charge >= 0.3 is 0 Å². The van der Waals surface area contributed by atoms with E-state index in [0.29, 0.717) is 5.56 Å². The highest BCUT2D eigenvalue weighted by Crippen LogP contribution is 2.15. The summed E-state index contributed by atoms with van der Waals surface area (Å²) >= 11 is 0. The molecule has 0 spiro atoms. The Bertz CT molecular complexity index is 592. The molecule has 0 unspecified atom stereocenters. The molecule has 2 aromatic carbocycles. The summed E-state index contributed by atoms with van der Waals surface area (Å²) in [5, 5.41) is 2.87. The van der Waals surface area contributed by atoms with Crippen LogP contribution in [0.4, 0.5) is 4.39 Å². The average Bonchev–Trinajstić information content (AvgIpc) is 2.47. The quantitative estimate of drug-likeness (QED) is 0.898. The molecule has 0 aliphatic heterocycles. The van der Waals surface area contributed by atoms with Crippen LogP contribution in [0.2, 0.25) is 0 Å². The molecule has 0 saturated carbocycles. The summed E-state index contributed by atoms with van der Waals surface area (Å²) in [5.74, 6) is -0.672. The number of benzene rings is 2. The summed E-state index contributed by atoms with van der Waals surface area (Å²) in [7, 11) is 0. The van der Waals surface area contributed by atoms with Crippen LogP contribution < -0.4 is 5.32 Å². The number of hydrogen-bond donors (Lipinski definition) is 1. The van der Waals surface area contributed by atoms with Crippen molar-refractivity contribution in [1.29, 1.82) is 0 Å². The van der Waals surface area contributed by atoms with E-state index in [-0.39, 0.29) is 11.9 Å². The van der Waals surface area contributed by atoms with Gasteiger partial charge < -0.3 is 5.32 Å². The van der Waals surface area contributed by atoms with Crippen molar-refractivity contribution in [3.63, 3.8) is 0 Å². The van der Waals surface area contributed by atoms with Gasteiger partial charge in [-0.2, -0.15) is 0 Å². The van der Waals surface area contributed by atoms with E-state index in [1.165, 1.54) is 23.8 Å². The number of carbonyl (C=O) groups is 1. The second-order valence-corrected chi connectivity index (χ2v) is 4.80. The molecule has 1 atom stereocenters. The Hall–Kier alpha value is -2.16. The van der Waals surface area contributed by atoms with Crippen molar-refractivity contribution in [3.05, 3.63) is 71.0 Å². The number of rotatable bonds is 4. The van der Waals surface area contributed by atoms with Crippen LogP contribution in [0, 0.1) is 5.82 Å². The normalized spacial score (nSPS) is 11.9. The molecule has 0 aromatic heterocycles. The van der Waals surface area contributed by atoms with Gasteiger partial charge in [0.2, 0.25) is 0 Å². The number of aryl methyl sites for hydroxylation is 1. The molecule has 1 amide bonds. The highest BCUT2D eigenvalue weighted by atomic mass is 19.1. The molecule has 0 saturated heterocycles. The molecular formula is C17H18FNO. The molecule has 104 valence electrons. The fraction of sp³-hybridized carbons (Fsp3) is 0.235. The van der Waals surface area contributed by atoms with Gasteiger partial charge in [0.1, 0.15) is 5.82 Å². The standard InChI is InChI=1S/C17H18FNO/c1-3-13-7-9-14(10-8-13)12(2)19-17(20)15-5-4-6-16(18)11-15/h4-12H,3H2,1-2H3,(H,19,20)/t12-/m1/s1. The van der Waals surface area contributed by atoms with Gasteiger partial charge in [0.15, 0.2) is 0 Å². The summed E-state index contributed by atoms with van der Waals surface area (Å²) in [5.41, 5.74) is 2.63. The first-order valence-corrected chi connectivity index (χ1v) is 6.75. The summed E-state index contributed by atoms with van der Waals surface area (Å²) in [6.07, 6.45) is 0.990. The van der Waals surface area contributed by atoms with Crippen molar-refractivity contribution in [2.24, 2.45) is 0 Å². The van der Waals surface area contributed by atoms with Crippen molar-refractivity contribution in [1.82, 2.24) is 5.32 Å². The summed E-state index contributed by atoms with van der Waals surface area (Å²) < 4.78 is 13.1. The molecule has 3 heteroatoms. The van der Waals surface area contributed by atoms with E-state index in [1.54, 1.807) is 6.07 Å². The first-order chi connectivity index (χ1) is 9.60. The molecule has 0 fully saturated rings. The lowest BCUT2D eigenvalue weighted by Crippen LogP contribution is -2.26. The highest BCUT2D eigenvalue weighted by molar-refractivity contribution is 5.94. The van der Waals surface area contributed by atoms with Crippen LogP contribution in [0.3, 0.4) is 0 Å². The van der Waals surface area contributed by atoms with Gasteiger partial charge in [-0.15, -0.1) is 0 Å². The first kappa shape index (κ1) is 14.3. The topological polar surface area (TPSA) is 29.1 Å². The molecule has 1 N–H and O–H groups in total. The Morgan fingerprint density at radius 2 is 1.90 bits per heavy atom. The minimum Gasteiger partial charge on any atom is -0.346 e. The van der Waals surface area contributed by atoms with Crippen LogP contribution in [-0.4, -0.2) is 5.91 Å². The molecule has 2 rings (SSSR count). The van der Waals surface area contributed by atoms with Gasteiger partial charge in [-0.1, -0.05) is 37.3 Å². The van der Waals surface area contributed by atoms with E-state index in [2.05, 4.69) is 24.4 Å². The number of carbonyl (C=O) groups excluding carboxylic acids is 1. The van der Waals surface area contributed by atoms with Crippen LogP contribution in [0.5, 0.6) is 0 Å². The van der Waals surface area contributed by atoms with E-state index < -0.39 is 5.82 Å². The number of hydrogen-bond acceptors (Lipinski definition) is 1. The zero-order chi connectivity index (χ0) is 14.5. The maximum atomic E-state index is 13.1. The smallest absolute Gasteiger partial charge is 0.251 e. The fourth-order valence-corrected chi connectivity index (χ4v) is 2.04. The Morgan fingerprint density at radius 3 is 2.50 bits per heavy atom. The van der Waals surface area contributed by atoms with Gasteiger partial charge in [-0.25, -0.2) is 4.39 Å². The average molecular weight is 271 g/mol. The SMILES string of the molecule is CCc1ccc([C@@H](C)NC(=O)c2cccc(F)c2)cc1. The molecule has 0 aliphatic carbocycles. The third-order valence-corrected chi connectivity index (χ3v) is 3.32. The van der Waals surface area contributed by atoms with Crippen molar-refractivity contribution < 1.29 is 9.18 Å². The Balaban J connectivity index is 2.06. The summed E-state index contributed by atoms with van der Waals surface area (Å²) in [4.78, 5) is 12.0. The second-order valence-electron chi connectivity index (χ2n) is 4.80. The minimum absolute atomic E-state index is 0.114. The lowest BCUT2D eigenvalue weighted by molar-refractivity contribution is 0.0939. The van der Waals surface area contributed by atoms with Gasteiger partial charge in [0.05, 0.1) is 6.04 Å². The second kappa shape index (κ2) is 6.33. The molecule has 2 aromatic rings. The van der Waals surface area contributed by atoms with Crippen LogP contribution in [0.1, 0.15) is 41.4 Å². The van der Waals surface area contributed by atoms with Crippen molar-refractivity contribution in [2.45, 2.75) is 26.3 Å². The van der Waals surface area contributed by atoms with E-state index >= 15 is 0 Å². The van der Waals surface area contributed by atoms with Crippen LogP contribution in [0.25, 0.3) is 0 Å². The molecular weight excluding hydrogens is 253 g/mol. The van der Waals surface area contributed by atoms with Gasteiger partial charge in [-0.3, -0.25) is 4.79 Å². The number of halogens is 1. The lowest BCUT2D eigenvalue weighted by atomic mass is 10.0. The maximum Gasteiger partial charge on any atom is 0.251 e. The van der Waals surface area contributed by atoms with Crippen LogP contribution in [-0.2, 0) is 6.42 Å². The molecule has 2 nitrogen and oxygen atoms in total. The summed E-state index contributed by atoms with van der Waals surface area (Å²) in [6.45, 7) is 4.02. The van der Waals surface area contributed by atoms with Gasteiger partial charge in [0, 0.05) is 5.56 Å². The summed E-state index contributed by atoms with van der Waals surface area (Å²) in [6, 6.07) is 13.7. The van der Waals surface area contributed by atoms with E-state index in [9.17, 15) is 9.18 Å². The molecule has 0 bridgehead atoms. The maximum absolute atomic E-state index is 13.1. The molecule has 20 heavy (non-hydrogen) atoms. The van der Waals surface area contributed by atoms with E-state index in [1.807, 2.05) is 19.1 Å². The monoisotopic (exact) mass is 271 g/mol. The minimum atomic E-state index is -0.405.